The Balaban J connectivity index is 0.00000169. The molecule has 1 unspecified atom stereocenters. The minimum absolute atomic E-state index is 0. The topological polar surface area (TPSA) is 57.5 Å². The predicted molar refractivity (Wildman–Crippen MR) is 110 cm³/mol. The number of anilines is 1. The van der Waals surface area contributed by atoms with E-state index in [0.717, 1.165) is 24.9 Å². The number of rotatable bonds is 7. The molecule has 0 aliphatic carbocycles. The van der Waals surface area contributed by atoms with Crippen LogP contribution < -0.4 is 15.5 Å². The average Bonchev–Trinajstić information content (AvgIpc) is 3.17. The molecule has 144 valence electrons. The molecule has 0 spiro atoms. The number of carbonyl (C=O) groups is 1. The largest absolute Gasteiger partial charge is 0.459 e. The van der Waals surface area contributed by atoms with Gasteiger partial charge in [0.2, 0.25) is 0 Å². The van der Waals surface area contributed by atoms with Crippen molar-refractivity contribution in [2.75, 3.05) is 25.0 Å². The highest BCUT2D eigenvalue weighted by molar-refractivity contribution is 5.93. The molecule has 1 aromatic carbocycles. The summed E-state index contributed by atoms with van der Waals surface area (Å²) in [6.07, 6.45) is 3.54. The van der Waals surface area contributed by atoms with Crippen LogP contribution in [0.5, 0.6) is 0 Å². The second-order valence-electron chi connectivity index (χ2n) is 6.30. The Kier molecular flexibility index (Phi) is 8.99. The number of furan rings is 1. The van der Waals surface area contributed by atoms with Gasteiger partial charge >= 0.3 is 0 Å². The molecule has 5 nitrogen and oxygen atoms in total. The van der Waals surface area contributed by atoms with Crippen LogP contribution in [0.15, 0.2) is 41.0 Å². The third-order valence-corrected chi connectivity index (χ3v) is 4.53. The van der Waals surface area contributed by atoms with Crippen LogP contribution >= 0.6 is 24.8 Å². The number of hydrogen-bond acceptors (Lipinski definition) is 4. The first kappa shape index (κ1) is 22.4. The van der Waals surface area contributed by atoms with E-state index in [1.165, 1.54) is 11.3 Å². The molecule has 2 aromatic rings. The molecular weight excluding hydrogens is 373 g/mol. The summed E-state index contributed by atoms with van der Waals surface area (Å²) >= 11 is 0. The summed E-state index contributed by atoms with van der Waals surface area (Å²) in [5.74, 6) is 0.294. The Bertz CT molecular complexity index is 706. The molecule has 1 aliphatic heterocycles. The number of nitrogens with one attached hydrogen (secondary N) is 2. The lowest BCUT2D eigenvalue weighted by atomic mass is 10.1. The third-order valence-electron chi connectivity index (χ3n) is 4.53. The lowest BCUT2D eigenvalue weighted by molar-refractivity contribution is 0.0924. The lowest BCUT2D eigenvalue weighted by Crippen LogP contribution is -2.31. The summed E-state index contributed by atoms with van der Waals surface area (Å²) < 4.78 is 5.46. The standard InChI is InChI=1S/C19H25N3O2.2ClH/c1-14-12-15-6-3-4-7-17(15)22(14)13-16-8-11-24-18(16)19(23)21-10-5-9-20-2;;/h3-4,6-8,11,14,20H,5,9-10,12-13H2,1-2H3,(H,21,23);2*1H. The van der Waals surface area contributed by atoms with E-state index >= 15 is 0 Å². The fraction of sp³-hybridized carbons (Fsp3) is 0.421. The second-order valence-corrected chi connectivity index (χ2v) is 6.30. The third kappa shape index (κ3) is 4.93. The van der Waals surface area contributed by atoms with Gasteiger partial charge in [-0.2, -0.15) is 0 Å². The zero-order valence-corrected chi connectivity index (χ0v) is 16.8. The van der Waals surface area contributed by atoms with Crippen LogP contribution in [0, 0.1) is 0 Å². The van der Waals surface area contributed by atoms with Crippen molar-refractivity contribution in [3.8, 4) is 0 Å². The Hall–Kier alpha value is -1.69. The van der Waals surface area contributed by atoms with E-state index in [-0.39, 0.29) is 30.7 Å². The maximum absolute atomic E-state index is 12.3. The SMILES string of the molecule is CNCCCNC(=O)c1occc1CN1c2ccccc2CC1C.Cl.Cl. The first-order valence-corrected chi connectivity index (χ1v) is 8.54. The van der Waals surface area contributed by atoms with Crippen LogP contribution in [-0.4, -0.2) is 32.1 Å². The highest BCUT2D eigenvalue weighted by Gasteiger charge is 2.27. The van der Waals surface area contributed by atoms with Gasteiger partial charge in [0.25, 0.3) is 5.91 Å². The number of benzene rings is 1. The zero-order valence-electron chi connectivity index (χ0n) is 15.2. The number of para-hydroxylation sites is 1. The number of amides is 1. The molecule has 0 saturated heterocycles. The van der Waals surface area contributed by atoms with Crippen molar-refractivity contribution in [1.29, 1.82) is 0 Å². The predicted octanol–water partition coefficient (Wildman–Crippen LogP) is 3.41. The van der Waals surface area contributed by atoms with Crippen molar-refractivity contribution in [3.05, 3.63) is 53.5 Å². The molecule has 0 bridgehead atoms. The van der Waals surface area contributed by atoms with Crippen LogP contribution in [0.1, 0.15) is 35.0 Å². The Labute approximate surface area is 167 Å². The highest BCUT2D eigenvalue weighted by Crippen LogP contribution is 2.33. The summed E-state index contributed by atoms with van der Waals surface area (Å²) in [5, 5.41) is 5.99. The van der Waals surface area contributed by atoms with Crippen molar-refractivity contribution >= 4 is 36.4 Å². The van der Waals surface area contributed by atoms with Crippen molar-refractivity contribution in [1.82, 2.24) is 10.6 Å². The maximum atomic E-state index is 12.3. The van der Waals surface area contributed by atoms with E-state index in [2.05, 4.69) is 46.7 Å². The zero-order chi connectivity index (χ0) is 16.9. The summed E-state index contributed by atoms with van der Waals surface area (Å²) in [4.78, 5) is 14.7. The van der Waals surface area contributed by atoms with Crippen molar-refractivity contribution in [2.45, 2.75) is 32.4 Å². The van der Waals surface area contributed by atoms with Crippen LogP contribution in [0.2, 0.25) is 0 Å². The van der Waals surface area contributed by atoms with E-state index in [1.807, 2.05) is 13.1 Å². The van der Waals surface area contributed by atoms with Crippen molar-refractivity contribution in [2.24, 2.45) is 0 Å². The quantitative estimate of drug-likeness (QED) is 0.700. The molecule has 2 N–H and O–H groups in total. The van der Waals surface area contributed by atoms with Gasteiger partial charge in [-0.05, 0) is 51.1 Å². The first-order valence-electron chi connectivity index (χ1n) is 8.54. The number of halogens is 2. The number of fused-ring (bicyclic) bond motifs is 1. The lowest BCUT2D eigenvalue weighted by Gasteiger charge is -2.24. The van der Waals surface area contributed by atoms with Gasteiger partial charge in [-0.3, -0.25) is 4.79 Å². The molecule has 0 fully saturated rings. The minimum Gasteiger partial charge on any atom is -0.459 e. The molecule has 0 radical (unpaired) electrons. The van der Waals surface area contributed by atoms with E-state index < -0.39 is 0 Å². The van der Waals surface area contributed by atoms with Crippen LogP contribution in [-0.2, 0) is 13.0 Å². The molecule has 26 heavy (non-hydrogen) atoms. The van der Waals surface area contributed by atoms with Gasteiger partial charge in [0, 0.05) is 30.4 Å². The molecule has 1 aliphatic rings. The molecule has 7 heteroatoms. The van der Waals surface area contributed by atoms with Crippen LogP contribution in [0.4, 0.5) is 5.69 Å². The van der Waals surface area contributed by atoms with Crippen molar-refractivity contribution in [3.63, 3.8) is 0 Å². The summed E-state index contributed by atoms with van der Waals surface area (Å²) in [6.45, 7) is 4.43. The van der Waals surface area contributed by atoms with Gasteiger partial charge in [0.05, 0.1) is 6.26 Å². The molecule has 1 amide bonds. The molecule has 1 atom stereocenters. The van der Waals surface area contributed by atoms with E-state index in [9.17, 15) is 4.79 Å². The number of nitrogens with zero attached hydrogens (tertiary/aromatic N) is 1. The Morgan fingerprint density at radius 2 is 2.00 bits per heavy atom. The van der Waals surface area contributed by atoms with E-state index in [0.29, 0.717) is 24.9 Å². The normalized spacial score (nSPS) is 15.0. The van der Waals surface area contributed by atoms with Gasteiger partial charge in [0.1, 0.15) is 0 Å². The van der Waals surface area contributed by atoms with E-state index in [4.69, 9.17) is 4.42 Å². The van der Waals surface area contributed by atoms with Crippen LogP contribution in [0.3, 0.4) is 0 Å². The number of hydrogen-bond donors (Lipinski definition) is 2. The second kappa shape index (κ2) is 10.5. The van der Waals surface area contributed by atoms with Crippen LogP contribution in [0.25, 0.3) is 0 Å². The highest BCUT2D eigenvalue weighted by atomic mass is 35.5. The van der Waals surface area contributed by atoms with Gasteiger partial charge in [-0.1, -0.05) is 18.2 Å². The summed E-state index contributed by atoms with van der Waals surface area (Å²) in [5.41, 5.74) is 3.56. The fourth-order valence-corrected chi connectivity index (χ4v) is 3.26. The molecule has 2 heterocycles. The number of carbonyl (C=O) groups excluding carboxylic acids is 1. The average molecular weight is 400 g/mol. The Morgan fingerprint density at radius 1 is 1.23 bits per heavy atom. The monoisotopic (exact) mass is 399 g/mol. The molecule has 3 rings (SSSR count). The smallest absolute Gasteiger partial charge is 0.287 e. The fourth-order valence-electron chi connectivity index (χ4n) is 3.26. The molecular formula is C19H27Cl2N3O2. The first-order chi connectivity index (χ1) is 11.7. The summed E-state index contributed by atoms with van der Waals surface area (Å²) in [7, 11) is 1.90. The summed E-state index contributed by atoms with van der Waals surface area (Å²) in [6, 6.07) is 10.8. The maximum Gasteiger partial charge on any atom is 0.287 e. The molecule has 0 saturated carbocycles. The van der Waals surface area contributed by atoms with Gasteiger partial charge < -0.3 is 20.0 Å². The van der Waals surface area contributed by atoms with E-state index in [1.54, 1.807) is 6.26 Å². The van der Waals surface area contributed by atoms with Gasteiger partial charge in [0.15, 0.2) is 5.76 Å². The van der Waals surface area contributed by atoms with Crippen molar-refractivity contribution < 1.29 is 9.21 Å². The Morgan fingerprint density at radius 3 is 2.77 bits per heavy atom. The van der Waals surface area contributed by atoms with Gasteiger partial charge in [-0.25, -0.2) is 0 Å². The molecule has 1 aromatic heterocycles. The van der Waals surface area contributed by atoms with Gasteiger partial charge in [-0.15, -0.1) is 24.8 Å². The minimum atomic E-state index is -0.133.